The zero-order chi connectivity index (χ0) is 22.3. The lowest BCUT2D eigenvalue weighted by atomic mass is 10.2. The number of fused-ring (bicyclic) bond motifs is 1. The normalized spacial score (nSPS) is 17.6. The van der Waals surface area contributed by atoms with Crippen molar-refractivity contribution in [1.29, 1.82) is 0 Å². The number of hydrogen-bond donors (Lipinski definition) is 1. The highest BCUT2D eigenvalue weighted by molar-refractivity contribution is 5.95. The molecule has 0 spiro atoms. The maximum absolute atomic E-state index is 6.09. The number of aromatic nitrogens is 2. The first kappa shape index (κ1) is 21.6. The molecule has 174 valence electrons. The van der Waals surface area contributed by atoms with E-state index in [0.29, 0.717) is 31.3 Å². The Morgan fingerprint density at radius 2 is 1.82 bits per heavy atom. The number of morpholine rings is 2. The molecule has 0 saturated carbocycles. The first-order valence-corrected chi connectivity index (χ1v) is 11.3. The number of rotatable bonds is 8. The molecule has 0 bridgehead atoms. The van der Waals surface area contributed by atoms with Gasteiger partial charge in [-0.3, -0.25) is 10.3 Å². The van der Waals surface area contributed by atoms with Crippen molar-refractivity contribution in [1.82, 2.24) is 15.0 Å². The van der Waals surface area contributed by atoms with E-state index in [2.05, 4.69) is 25.5 Å². The fraction of sp³-hybridized carbons (Fsp3) is 0.435. The first-order valence-electron chi connectivity index (χ1n) is 11.3. The third-order valence-electron chi connectivity index (χ3n) is 5.67. The van der Waals surface area contributed by atoms with Gasteiger partial charge in [0.25, 0.3) is 0 Å². The quantitative estimate of drug-likeness (QED) is 0.407. The van der Waals surface area contributed by atoms with E-state index in [1.807, 2.05) is 36.4 Å². The van der Waals surface area contributed by atoms with E-state index in [1.165, 1.54) is 0 Å². The second-order valence-corrected chi connectivity index (χ2v) is 7.88. The average Bonchev–Trinajstić information content (AvgIpc) is 3.28. The van der Waals surface area contributed by atoms with E-state index in [-0.39, 0.29) is 0 Å². The third kappa shape index (κ3) is 5.59. The highest BCUT2D eigenvalue weighted by Gasteiger charge is 2.16. The van der Waals surface area contributed by atoms with Crippen LogP contribution in [0.15, 0.2) is 46.0 Å². The van der Waals surface area contributed by atoms with Gasteiger partial charge in [0.2, 0.25) is 0 Å². The van der Waals surface area contributed by atoms with Crippen molar-refractivity contribution < 1.29 is 18.7 Å². The lowest BCUT2D eigenvalue weighted by Gasteiger charge is -2.28. The van der Waals surface area contributed by atoms with Gasteiger partial charge in [0.05, 0.1) is 38.0 Å². The van der Waals surface area contributed by atoms with E-state index in [4.69, 9.17) is 23.7 Å². The molecule has 10 nitrogen and oxygen atoms in total. The predicted molar refractivity (Wildman–Crippen MR) is 125 cm³/mol. The van der Waals surface area contributed by atoms with Gasteiger partial charge in [-0.25, -0.2) is 4.98 Å². The Kier molecular flexibility index (Phi) is 6.95. The zero-order valence-corrected chi connectivity index (χ0v) is 18.5. The Balaban J connectivity index is 1.28. The molecule has 2 saturated heterocycles. The molecule has 3 aromatic rings. The lowest BCUT2D eigenvalue weighted by molar-refractivity contribution is 0.0322. The van der Waals surface area contributed by atoms with E-state index < -0.39 is 0 Å². The molecule has 1 N–H and O–H groups in total. The average molecular weight is 453 g/mol. The summed E-state index contributed by atoms with van der Waals surface area (Å²) < 4.78 is 22.3. The summed E-state index contributed by atoms with van der Waals surface area (Å²) in [7, 11) is 0. The molecule has 10 heteroatoms. The summed E-state index contributed by atoms with van der Waals surface area (Å²) in [4.78, 5) is 9.27. The van der Waals surface area contributed by atoms with Crippen molar-refractivity contribution in [3.63, 3.8) is 0 Å². The third-order valence-corrected chi connectivity index (χ3v) is 5.67. The molecule has 4 heterocycles. The highest BCUT2D eigenvalue weighted by atomic mass is 16.5. The monoisotopic (exact) mass is 452 g/mol. The van der Waals surface area contributed by atoms with Crippen LogP contribution in [0.4, 0.5) is 11.6 Å². The Hall–Kier alpha value is -3.21. The van der Waals surface area contributed by atoms with E-state index >= 15 is 0 Å². The van der Waals surface area contributed by atoms with Crippen molar-refractivity contribution >= 4 is 28.8 Å². The summed E-state index contributed by atoms with van der Waals surface area (Å²) >= 11 is 0. The minimum atomic E-state index is 0.597. The van der Waals surface area contributed by atoms with Crippen molar-refractivity contribution in [2.24, 2.45) is 5.10 Å². The van der Waals surface area contributed by atoms with Gasteiger partial charge in [0.15, 0.2) is 11.4 Å². The molecule has 0 radical (unpaired) electrons. The van der Waals surface area contributed by atoms with Crippen molar-refractivity contribution in [3.8, 4) is 5.75 Å². The molecule has 5 rings (SSSR count). The first-order chi connectivity index (χ1) is 16.3. The fourth-order valence-electron chi connectivity index (χ4n) is 3.86. The molecule has 0 aliphatic carbocycles. The topological polar surface area (TPSA) is 97.5 Å². The standard InChI is InChI=1S/C23H28N6O4/c1-2-4-21-19(3-1)20(27-33-21)17-24-26-22-15-18(32-14-7-28-5-10-30-11-6-28)16-23(25-22)29-8-12-31-13-9-29/h1-4,15-17H,5-14H2,(H,25,26). The van der Waals surface area contributed by atoms with E-state index in [9.17, 15) is 0 Å². The Labute approximate surface area is 192 Å². The number of nitrogens with zero attached hydrogens (tertiary/aromatic N) is 5. The molecule has 2 aliphatic rings. The van der Waals surface area contributed by atoms with Crippen LogP contribution in [0.2, 0.25) is 0 Å². The van der Waals surface area contributed by atoms with Gasteiger partial charge in [0.1, 0.15) is 23.9 Å². The number of ether oxygens (including phenoxy) is 3. The zero-order valence-electron chi connectivity index (χ0n) is 18.5. The summed E-state index contributed by atoms with van der Waals surface area (Å²) in [6.07, 6.45) is 1.63. The van der Waals surface area contributed by atoms with Gasteiger partial charge in [-0.2, -0.15) is 5.10 Å². The number of pyridine rings is 1. The molecular formula is C23H28N6O4. The van der Waals surface area contributed by atoms with Gasteiger partial charge in [-0.1, -0.05) is 17.3 Å². The summed E-state index contributed by atoms with van der Waals surface area (Å²) in [5, 5.41) is 9.32. The highest BCUT2D eigenvalue weighted by Crippen LogP contribution is 2.24. The number of anilines is 2. The van der Waals surface area contributed by atoms with Crippen LogP contribution in [0.3, 0.4) is 0 Å². The predicted octanol–water partition coefficient (Wildman–Crippen LogP) is 2.22. The largest absolute Gasteiger partial charge is 0.492 e. The summed E-state index contributed by atoms with van der Waals surface area (Å²) in [6, 6.07) is 11.5. The molecule has 2 aliphatic heterocycles. The number of hydrogen-bond acceptors (Lipinski definition) is 10. The van der Waals surface area contributed by atoms with Crippen LogP contribution >= 0.6 is 0 Å². The van der Waals surface area contributed by atoms with Crippen LogP contribution in [0.5, 0.6) is 5.75 Å². The SMILES string of the molecule is C(=NNc1cc(OCCN2CCOCC2)cc(N2CCOCC2)n1)c1noc2ccccc12. The summed E-state index contributed by atoms with van der Waals surface area (Å²) in [6.45, 7) is 7.85. The van der Waals surface area contributed by atoms with Crippen LogP contribution in [0.1, 0.15) is 5.69 Å². The summed E-state index contributed by atoms with van der Waals surface area (Å²) in [5.74, 6) is 2.19. The number of benzene rings is 1. The molecule has 0 unspecified atom stereocenters. The Morgan fingerprint density at radius 1 is 1.03 bits per heavy atom. The maximum atomic E-state index is 6.09. The second kappa shape index (κ2) is 10.6. The van der Waals surface area contributed by atoms with Gasteiger partial charge in [-0.05, 0) is 12.1 Å². The van der Waals surface area contributed by atoms with Crippen LogP contribution in [0, 0.1) is 0 Å². The molecule has 0 atom stereocenters. The number of hydrazone groups is 1. The van der Waals surface area contributed by atoms with Gasteiger partial charge < -0.3 is 23.6 Å². The van der Waals surface area contributed by atoms with Crippen molar-refractivity contribution in [2.45, 2.75) is 0 Å². The van der Waals surface area contributed by atoms with Crippen LogP contribution in [0.25, 0.3) is 11.0 Å². The number of nitrogens with one attached hydrogen (secondary N) is 1. The van der Waals surface area contributed by atoms with Crippen molar-refractivity contribution in [2.75, 3.05) is 76.1 Å². The van der Waals surface area contributed by atoms with Crippen LogP contribution in [-0.2, 0) is 9.47 Å². The molecule has 1 aromatic carbocycles. The van der Waals surface area contributed by atoms with Gasteiger partial charge >= 0.3 is 0 Å². The van der Waals surface area contributed by atoms with Crippen LogP contribution in [-0.4, -0.2) is 87.0 Å². The van der Waals surface area contributed by atoms with Gasteiger partial charge in [0, 0.05) is 44.9 Å². The molecule has 2 aromatic heterocycles. The minimum absolute atomic E-state index is 0.597. The Morgan fingerprint density at radius 3 is 2.67 bits per heavy atom. The second-order valence-electron chi connectivity index (χ2n) is 7.88. The van der Waals surface area contributed by atoms with Gasteiger partial charge in [-0.15, -0.1) is 0 Å². The van der Waals surface area contributed by atoms with E-state index in [0.717, 1.165) is 68.5 Å². The molecular weight excluding hydrogens is 424 g/mol. The molecule has 0 amide bonds. The summed E-state index contributed by atoms with van der Waals surface area (Å²) in [5.41, 5.74) is 4.40. The maximum Gasteiger partial charge on any atom is 0.167 e. The van der Waals surface area contributed by atoms with Crippen LogP contribution < -0.4 is 15.1 Å². The fourth-order valence-corrected chi connectivity index (χ4v) is 3.86. The van der Waals surface area contributed by atoms with E-state index in [1.54, 1.807) is 6.21 Å². The Bertz CT molecular complexity index is 1080. The molecule has 2 fully saturated rings. The smallest absolute Gasteiger partial charge is 0.167 e. The van der Waals surface area contributed by atoms with Crippen molar-refractivity contribution in [3.05, 3.63) is 42.1 Å². The lowest BCUT2D eigenvalue weighted by Crippen LogP contribution is -2.38. The number of para-hydroxylation sites is 1. The molecule has 33 heavy (non-hydrogen) atoms. The minimum Gasteiger partial charge on any atom is -0.492 e.